The lowest BCUT2D eigenvalue weighted by molar-refractivity contribution is 0.0222. The van der Waals surface area contributed by atoms with E-state index >= 15 is 0 Å². The van der Waals surface area contributed by atoms with E-state index in [0.29, 0.717) is 5.92 Å². The van der Waals surface area contributed by atoms with Gasteiger partial charge in [-0.15, -0.1) is 0 Å². The van der Waals surface area contributed by atoms with Gasteiger partial charge in [-0.05, 0) is 18.8 Å². The van der Waals surface area contributed by atoms with Gasteiger partial charge >= 0.3 is 0 Å². The van der Waals surface area contributed by atoms with E-state index in [9.17, 15) is 0 Å². The van der Waals surface area contributed by atoms with Gasteiger partial charge in [-0.2, -0.15) is 0 Å². The Balaban J connectivity index is 2.16. The predicted octanol–water partition coefficient (Wildman–Crippen LogP) is 1.17. The number of aliphatic hydroxyl groups excluding tert-OH is 1. The minimum absolute atomic E-state index is 0.0463. The van der Waals surface area contributed by atoms with Crippen LogP contribution in [0.1, 0.15) is 26.2 Å². The van der Waals surface area contributed by atoms with Crippen LogP contribution in [0.15, 0.2) is 0 Å². The number of rotatable bonds is 1. The van der Waals surface area contributed by atoms with Crippen molar-refractivity contribution in [3.8, 4) is 0 Å². The highest BCUT2D eigenvalue weighted by Crippen LogP contribution is 2.29. The van der Waals surface area contributed by atoms with Crippen molar-refractivity contribution >= 4 is 0 Å². The third-order valence-corrected chi connectivity index (χ3v) is 1.90. The van der Waals surface area contributed by atoms with Gasteiger partial charge in [-0.1, -0.05) is 13.3 Å². The Morgan fingerprint density at radius 3 is 2.29 bits per heavy atom. The highest BCUT2D eigenvalue weighted by molar-refractivity contribution is 4.77. The molecule has 1 saturated carbocycles. The van der Waals surface area contributed by atoms with Crippen LogP contribution in [0.5, 0.6) is 0 Å². The highest BCUT2D eigenvalue weighted by Gasteiger charge is 2.26. The lowest BCUT2D eigenvalue weighted by atomic mass is 9.80. The summed E-state index contributed by atoms with van der Waals surface area (Å²) >= 11 is 0. The molecule has 1 heteroatoms. The van der Waals surface area contributed by atoms with Crippen molar-refractivity contribution in [2.24, 2.45) is 5.92 Å². The molecule has 1 fully saturated rings. The summed E-state index contributed by atoms with van der Waals surface area (Å²) in [5, 5.41) is 8.91. The maximum Gasteiger partial charge on any atom is 0.0568 e. The molecule has 1 N–H and O–H groups in total. The summed E-state index contributed by atoms with van der Waals surface area (Å²) in [6.45, 7) is 2.13. The molecular weight excluding hydrogens is 88.1 g/mol. The van der Waals surface area contributed by atoms with Gasteiger partial charge in [0.1, 0.15) is 0 Å². The average Bonchev–Trinajstić information content (AvgIpc) is 1.65. The van der Waals surface area contributed by atoms with E-state index in [1.165, 1.54) is 6.42 Å². The third kappa shape index (κ3) is 0.778. The fourth-order valence-corrected chi connectivity index (χ4v) is 1.03. The van der Waals surface area contributed by atoms with Crippen LogP contribution in [0.25, 0.3) is 0 Å². The van der Waals surface area contributed by atoms with E-state index in [-0.39, 0.29) is 6.10 Å². The van der Waals surface area contributed by atoms with E-state index in [1.54, 1.807) is 0 Å². The molecule has 1 rings (SSSR count). The summed E-state index contributed by atoms with van der Waals surface area (Å²) in [5.41, 5.74) is 0. The Bertz CT molecular complexity index is 59.2. The molecule has 0 radical (unpaired) electrons. The molecule has 1 aliphatic carbocycles. The van der Waals surface area contributed by atoms with Crippen LogP contribution < -0.4 is 0 Å². The fourth-order valence-electron chi connectivity index (χ4n) is 1.03. The minimum atomic E-state index is 0.0463. The van der Waals surface area contributed by atoms with Gasteiger partial charge in [0.25, 0.3) is 0 Å². The van der Waals surface area contributed by atoms with Crippen molar-refractivity contribution in [1.82, 2.24) is 0 Å². The van der Waals surface area contributed by atoms with Gasteiger partial charge in [0.05, 0.1) is 6.10 Å². The van der Waals surface area contributed by atoms with Gasteiger partial charge in [0, 0.05) is 0 Å². The largest absolute Gasteiger partial charge is 0.393 e. The average molecular weight is 100 g/mol. The Labute approximate surface area is 44.4 Å². The molecule has 42 valence electrons. The molecule has 7 heavy (non-hydrogen) atoms. The Morgan fingerprint density at radius 2 is 2.29 bits per heavy atom. The maximum absolute atomic E-state index is 8.91. The summed E-state index contributed by atoms with van der Waals surface area (Å²) in [6, 6.07) is 0. The van der Waals surface area contributed by atoms with Gasteiger partial charge in [-0.3, -0.25) is 0 Å². The summed E-state index contributed by atoms with van der Waals surface area (Å²) in [6.07, 6.45) is 3.49. The van der Waals surface area contributed by atoms with Crippen molar-refractivity contribution in [2.45, 2.75) is 32.3 Å². The molecule has 0 aromatic rings. The van der Waals surface area contributed by atoms with Crippen LogP contribution in [-0.2, 0) is 0 Å². The monoisotopic (exact) mass is 100 g/mol. The van der Waals surface area contributed by atoms with Crippen LogP contribution in [0, 0.1) is 5.92 Å². The first-order valence-corrected chi connectivity index (χ1v) is 3.02. The first kappa shape index (κ1) is 5.10. The first-order valence-electron chi connectivity index (χ1n) is 3.02. The molecular formula is C6H12O. The van der Waals surface area contributed by atoms with E-state index < -0.39 is 0 Å². The van der Waals surface area contributed by atoms with E-state index in [0.717, 1.165) is 12.8 Å². The smallest absolute Gasteiger partial charge is 0.0568 e. The molecule has 0 heterocycles. The van der Waals surface area contributed by atoms with Crippen LogP contribution in [0.2, 0.25) is 0 Å². The SMILES string of the molecule is CC[C@@H]1CC[C@@H]1O. The molecule has 0 aliphatic heterocycles. The standard InChI is InChI=1S/C6H12O/c1-2-5-3-4-6(5)7/h5-7H,2-4H2,1H3/t5-,6+/m1/s1. The first-order chi connectivity index (χ1) is 3.34. The van der Waals surface area contributed by atoms with Crippen molar-refractivity contribution in [3.05, 3.63) is 0 Å². The second-order valence-corrected chi connectivity index (χ2v) is 2.31. The molecule has 0 unspecified atom stereocenters. The molecule has 2 atom stereocenters. The summed E-state index contributed by atoms with van der Waals surface area (Å²) in [7, 11) is 0. The molecule has 0 bridgehead atoms. The van der Waals surface area contributed by atoms with Gasteiger partial charge in [0.15, 0.2) is 0 Å². The van der Waals surface area contributed by atoms with Crippen LogP contribution >= 0.6 is 0 Å². The van der Waals surface area contributed by atoms with Crippen LogP contribution in [0.4, 0.5) is 0 Å². The van der Waals surface area contributed by atoms with Gasteiger partial charge < -0.3 is 5.11 Å². The summed E-state index contributed by atoms with van der Waals surface area (Å²) < 4.78 is 0. The third-order valence-electron chi connectivity index (χ3n) is 1.90. The molecule has 0 saturated heterocycles. The van der Waals surface area contributed by atoms with Crippen molar-refractivity contribution in [2.75, 3.05) is 0 Å². The van der Waals surface area contributed by atoms with Crippen LogP contribution in [-0.4, -0.2) is 11.2 Å². The molecule has 0 aromatic carbocycles. The zero-order chi connectivity index (χ0) is 5.28. The normalized spacial score (nSPS) is 40.3. The lowest BCUT2D eigenvalue weighted by Crippen LogP contribution is -2.30. The van der Waals surface area contributed by atoms with Crippen molar-refractivity contribution in [1.29, 1.82) is 0 Å². The Hall–Kier alpha value is -0.0400. The zero-order valence-electron chi connectivity index (χ0n) is 4.72. The molecule has 0 aromatic heterocycles. The summed E-state index contributed by atoms with van der Waals surface area (Å²) in [4.78, 5) is 0. The van der Waals surface area contributed by atoms with Crippen LogP contribution in [0.3, 0.4) is 0 Å². The van der Waals surface area contributed by atoms with Gasteiger partial charge in [-0.25, -0.2) is 0 Å². The fraction of sp³-hybridized carbons (Fsp3) is 1.00. The van der Waals surface area contributed by atoms with Crippen molar-refractivity contribution in [3.63, 3.8) is 0 Å². The quantitative estimate of drug-likeness (QED) is 0.524. The lowest BCUT2D eigenvalue weighted by Gasteiger charge is -2.30. The predicted molar refractivity (Wildman–Crippen MR) is 29.0 cm³/mol. The van der Waals surface area contributed by atoms with Gasteiger partial charge in [0.2, 0.25) is 0 Å². The second-order valence-electron chi connectivity index (χ2n) is 2.31. The second kappa shape index (κ2) is 1.83. The van der Waals surface area contributed by atoms with E-state index in [1.807, 2.05) is 0 Å². The Morgan fingerprint density at radius 1 is 1.57 bits per heavy atom. The maximum atomic E-state index is 8.91. The highest BCUT2D eigenvalue weighted by atomic mass is 16.3. The molecule has 1 nitrogen and oxygen atoms in total. The topological polar surface area (TPSA) is 20.2 Å². The molecule has 0 spiro atoms. The zero-order valence-corrected chi connectivity index (χ0v) is 4.72. The number of hydrogen-bond acceptors (Lipinski definition) is 1. The number of aliphatic hydroxyl groups is 1. The molecule has 0 amide bonds. The number of hydrogen-bond donors (Lipinski definition) is 1. The summed E-state index contributed by atoms with van der Waals surface area (Å²) in [5.74, 6) is 0.639. The molecule has 1 aliphatic rings. The van der Waals surface area contributed by atoms with E-state index in [2.05, 4.69) is 6.92 Å². The Kier molecular flexibility index (Phi) is 1.33. The van der Waals surface area contributed by atoms with Crippen molar-refractivity contribution < 1.29 is 5.11 Å². The minimum Gasteiger partial charge on any atom is -0.393 e. The van der Waals surface area contributed by atoms with E-state index in [4.69, 9.17) is 5.11 Å².